The molecule has 4 N–H and O–H groups in total. The van der Waals surface area contributed by atoms with Crippen molar-refractivity contribution in [1.82, 2.24) is 9.97 Å². The quantitative estimate of drug-likeness (QED) is 0.0424. The van der Waals surface area contributed by atoms with Crippen molar-refractivity contribution in [2.24, 2.45) is 0 Å². The number of ketones is 2. The predicted molar refractivity (Wildman–Crippen MR) is 248 cm³/mol. The fourth-order valence-electron chi connectivity index (χ4n) is 7.07. The molecule has 0 fully saturated rings. The van der Waals surface area contributed by atoms with Crippen LogP contribution < -0.4 is 11.5 Å². The van der Waals surface area contributed by atoms with Gasteiger partial charge in [-0.2, -0.15) is 0 Å². The van der Waals surface area contributed by atoms with Crippen LogP contribution in [0.15, 0.2) is 188 Å². The van der Waals surface area contributed by atoms with Gasteiger partial charge in [-0.1, -0.05) is 132 Å². The van der Waals surface area contributed by atoms with Crippen LogP contribution in [0.25, 0.3) is 77.0 Å². The molecule has 10 nitrogen and oxygen atoms in total. The molecule has 13 heteroatoms. The van der Waals surface area contributed by atoms with E-state index in [2.05, 4.69) is 48.5 Å². The number of benzene rings is 6. The minimum Gasteiger partial charge on any atom is -0.463 e. The van der Waals surface area contributed by atoms with Crippen LogP contribution in [0.1, 0.15) is 21.1 Å². The summed E-state index contributed by atoms with van der Waals surface area (Å²) >= 11 is 14.4. The SMILES string of the molecule is ClC(Cl)Cl.Nc1c(N)c2ccccc2c2ccccc12.O=C(C(=O)c1ccco1)c1ccco1.c1coc(-c2nc3c4ccccc4c4ccccc4c3nc2-c2ccco2)c1. The number of rotatable bonds is 5. The number of nitrogens with two attached hydrogens (primary N) is 2. The lowest BCUT2D eigenvalue weighted by atomic mass is 9.99. The van der Waals surface area contributed by atoms with Gasteiger partial charge < -0.3 is 29.1 Å². The van der Waals surface area contributed by atoms with Crippen molar-refractivity contribution in [1.29, 1.82) is 0 Å². The molecule has 62 heavy (non-hydrogen) atoms. The van der Waals surface area contributed by atoms with Gasteiger partial charge in [0.15, 0.2) is 27.3 Å². The average molecular weight is 880 g/mol. The Morgan fingerprint density at radius 2 is 0.694 bits per heavy atom. The minimum atomic E-state index is -0.750. The maximum atomic E-state index is 11.4. The summed E-state index contributed by atoms with van der Waals surface area (Å²) in [6.45, 7) is 0. The van der Waals surface area contributed by atoms with Crippen molar-refractivity contribution in [3.05, 3.63) is 182 Å². The Balaban J connectivity index is 0.000000132. The maximum absolute atomic E-state index is 11.4. The van der Waals surface area contributed by atoms with Crippen molar-refractivity contribution in [2.75, 3.05) is 11.5 Å². The van der Waals surface area contributed by atoms with E-state index in [0.717, 1.165) is 54.1 Å². The molecule has 0 atom stereocenters. The summed E-state index contributed by atoms with van der Waals surface area (Å²) in [7, 11) is 0. The molecule has 11 rings (SSSR count). The van der Waals surface area contributed by atoms with Gasteiger partial charge in [-0.25, -0.2) is 9.97 Å². The summed E-state index contributed by atoms with van der Waals surface area (Å²) in [6.07, 6.45) is 5.96. The van der Waals surface area contributed by atoms with Crippen molar-refractivity contribution < 1.29 is 27.3 Å². The molecule has 0 spiro atoms. The van der Waals surface area contributed by atoms with E-state index in [-0.39, 0.29) is 11.5 Å². The molecule has 5 heterocycles. The van der Waals surface area contributed by atoms with E-state index < -0.39 is 15.9 Å². The van der Waals surface area contributed by atoms with E-state index >= 15 is 0 Å². The smallest absolute Gasteiger partial charge is 0.271 e. The summed E-state index contributed by atoms with van der Waals surface area (Å²) in [5, 5.41) is 8.84. The predicted octanol–water partition coefficient (Wildman–Crippen LogP) is 13.5. The van der Waals surface area contributed by atoms with Gasteiger partial charge in [0.2, 0.25) is 0 Å². The lowest BCUT2D eigenvalue weighted by Crippen LogP contribution is -2.12. The third-order valence-corrected chi connectivity index (χ3v) is 9.77. The van der Waals surface area contributed by atoms with Crippen LogP contribution in [0, 0.1) is 0 Å². The second-order valence-corrected chi connectivity index (χ2v) is 15.4. The molecule has 0 unspecified atom stereocenters. The number of carbonyl (C=O) groups excluding carboxylic acids is 2. The average Bonchev–Trinajstić information content (AvgIpc) is 4.17. The topological polar surface area (TPSA) is 165 Å². The van der Waals surface area contributed by atoms with Crippen molar-refractivity contribution in [3.63, 3.8) is 0 Å². The highest BCUT2D eigenvalue weighted by Crippen LogP contribution is 2.38. The van der Waals surface area contributed by atoms with Gasteiger partial charge in [0.05, 0.1) is 47.5 Å². The van der Waals surface area contributed by atoms with Crippen LogP contribution in [0.4, 0.5) is 11.4 Å². The summed E-state index contributed by atoms with van der Waals surface area (Å²) in [6, 6.07) is 46.2. The number of carbonyl (C=O) groups is 2. The van der Waals surface area contributed by atoms with E-state index in [0.29, 0.717) is 34.3 Å². The molecule has 0 aliphatic rings. The number of nitrogens with zero attached hydrogens (tertiary/aromatic N) is 2. The Labute approximate surface area is 368 Å². The van der Waals surface area contributed by atoms with E-state index in [9.17, 15) is 9.59 Å². The third-order valence-electron chi connectivity index (χ3n) is 9.77. The maximum Gasteiger partial charge on any atom is 0.271 e. The number of alkyl halides is 3. The number of furan rings is 4. The first kappa shape index (κ1) is 41.4. The first-order valence-corrected chi connectivity index (χ1v) is 20.2. The summed E-state index contributed by atoms with van der Waals surface area (Å²) in [5.74, 6) is -0.0382. The molecule has 11 aromatic rings. The highest BCUT2D eigenvalue weighted by molar-refractivity contribution is 6.63. The summed E-state index contributed by atoms with van der Waals surface area (Å²) in [5.41, 5.74) is 16.5. The van der Waals surface area contributed by atoms with E-state index in [4.69, 9.17) is 73.9 Å². The number of anilines is 2. The Morgan fingerprint density at radius 3 is 1.00 bits per heavy atom. The molecule has 0 amide bonds. The fourth-order valence-corrected chi connectivity index (χ4v) is 7.07. The van der Waals surface area contributed by atoms with Gasteiger partial charge in [0.1, 0.15) is 11.4 Å². The second kappa shape index (κ2) is 18.5. The second-order valence-electron chi connectivity index (χ2n) is 13.4. The molecule has 0 saturated heterocycles. The van der Waals surface area contributed by atoms with Crippen LogP contribution in [-0.4, -0.2) is 25.8 Å². The molecule has 5 aromatic heterocycles. The number of nitrogen functional groups attached to an aromatic ring is 2. The first-order chi connectivity index (χ1) is 30.2. The molecule has 0 radical (unpaired) electrons. The normalized spacial score (nSPS) is 10.9. The Hall–Kier alpha value is -7.37. The van der Waals surface area contributed by atoms with Gasteiger partial charge in [0.25, 0.3) is 11.6 Å². The number of Topliss-reactive ketones (excluding diaryl/α,β-unsaturated/α-hetero) is 2. The number of hydrogen-bond donors (Lipinski definition) is 2. The number of aromatic nitrogens is 2. The van der Waals surface area contributed by atoms with Crippen molar-refractivity contribution >= 4 is 112 Å². The number of fused-ring (bicyclic) bond motifs is 9. The van der Waals surface area contributed by atoms with Gasteiger partial charge >= 0.3 is 0 Å². The highest BCUT2D eigenvalue weighted by Gasteiger charge is 2.23. The zero-order valence-electron chi connectivity index (χ0n) is 32.4. The fraction of sp³-hybridized carbons (Fsp3) is 0.0204. The van der Waals surface area contributed by atoms with Gasteiger partial charge in [-0.3, -0.25) is 9.59 Å². The number of halogens is 3. The summed E-state index contributed by atoms with van der Waals surface area (Å²) in [4.78, 5) is 32.9. The van der Waals surface area contributed by atoms with E-state index in [1.54, 1.807) is 24.7 Å². The molecule has 306 valence electrons. The Kier molecular flexibility index (Phi) is 12.3. The lowest BCUT2D eigenvalue weighted by molar-refractivity contribution is 0.0785. The largest absolute Gasteiger partial charge is 0.463 e. The van der Waals surface area contributed by atoms with E-state index in [1.807, 2.05) is 72.8 Å². The monoisotopic (exact) mass is 878 g/mol. The van der Waals surface area contributed by atoms with Crippen LogP contribution >= 0.6 is 34.8 Å². The Bertz CT molecular complexity index is 3080. The van der Waals surface area contributed by atoms with Crippen LogP contribution in [0.5, 0.6) is 0 Å². The molecule has 0 aliphatic carbocycles. The van der Waals surface area contributed by atoms with Gasteiger partial charge in [-0.15, -0.1) is 0 Å². The molecule has 0 bridgehead atoms. The zero-order valence-corrected chi connectivity index (χ0v) is 34.6. The molecular formula is C49H33Cl3N4O6. The lowest BCUT2D eigenvalue weighted by Gasteiger charge is -2.12. The minimum absolute atomic E-state index is 0.0198. The van der Waals surface area contributed by atoms with Crippen molar-refractivity contribution in [2.45, 2.75) is 4.30 Å². The van der Waals surface area contributed by atoms with E-state index in [1.165, 1.54) is 24.7 Å². The van der Waals surface area contributed by atoms with Crippen LogP contribution in [-0.2, 0) is 0 Å². The molecule has 6 aromatic carbocycles. The standard InChI is InChI=1S/C24H14N2O2.C14H12N2.C10H6O4.CHCl3/c1-3-9-17-15(7-1)16-8-2-4-10-18(16)22-21(17)25-23(19-11-5-13-27-19)24(26-22)20-12-6-14-28-20;15-13-11-7-3-1-5-9(11)10-6-2-4-8-12(10)14(13)16;11-9(7-3-1-5-13-7)10(12)8-4-2-6-14-8;2-1(3)4/h1-14H;1-8H,15-16H2;1-6H;1H. The highest BCUT2D eigenvalue weighted by atomic mass is 35.6. The molecule has 0 saturated carbocycles. The number of hydrogen-bond acceptors (Lipinski definition) is 10. The zero-order chi connectivity index (χ0) is 43.2. The third kappa shape index (κ3) is 8.48. The Morgan fingerprint density at radius 1 is 0.403 bits per heavy atom. The molecule has 0 aliphatic heterocycles. The summed E-state index contributed by atoms with van der Waals surface area (Å²) < 4.78 is 20.2. The van der Waals surface area contributed by atoms with Crippen LogP contribution in [0.3, 0.4) is 0 Å². The molecular weight excluding hydrogens is 847 g/mol. The van der Waals surface area contributed by atoms with Crippen LogP contribution in [0.2, 0.25) is 0 Å². The van der Waals surface area contributed by atoms with Crippen molar-refractivity contribution in [3.8, 4) is 22.9 Å². The van der Waals surface area contributed by atoms with Gasteiger partial charge in [0, 0.05) is 21.5 Å². The van der Waals surface area contributed by atoms with Gasteiger partial charge in [-0.05, 0) is 70.1 Å². The first-order valence-electron chi connectivity index (χ1n) is 18.9.